The highest BCUT2D eigenvalue weighted by atomic mass is 16.5. The Kier molecular flexibility index (Phi) is 18.0. The summed E-state index contributed by atoms with van der Waals surface area (Å²) >= 11 is 0. The van der Waals surface area contributed by atoms with Gasteiger partial charge < -0.3 is 24.8 Å². The number of aliphatic hydroxyl groups excluding tert-OH is 2. The Bertz CT molecular complexity index is 1310. The fourth-order valence-corrected chi connectivity index (χ4v) is 3.93. The number of ether oxygens (including phenoxy) is 2. The number of ketones is 2. The molecule has 236 valence electrons. The molecule has 4 aromatic rings. The first kappa shape index (κ1) is 38.0. The van der Waals surface area contributed by atoms with Crippen molar-refractivity contribution in [2.75, 3.05) is 20.8 Å². The fourth-order valence-electron chi connectivity index (χ4n) is 3.93. The zero-order valence-corrected chi connectivity index (χ0v) is 26.5. The standard InChI is InChI=1S/C15H14O3.C14H12O2.C6H14O.C2H6O/c16-11-15(18,13-9-5-2-6-10-13)14(17)12-7-3-1-4-8-12;15-13(11-7-3-1-4-8-11)14(16)12-9-5-2-6-10-12;1-5(2)7-6(3)4;1-3-2/h1-10,16,18H,11H2;1-10,13,15H;5-6H,1-4H3;1-2H3. The van der Waals surface area contributed by atoms with Gasteiger partial charge in [-0.1, -0.05) is 121 Å². The summed E-state index contributed by atoms with van der Waals surface area (Å²) in [5, 5.41) is 29.7. The molecule has 0 saturated carbocycles. The Morgan fingerprint density at radius 2 is 1.02 bits per heavy atom. The second-order valence-electron chi connectivity index (χ2n) is 10.3. The van der Waals surface area contributed by atoms with Gasteiger partial charge in [-0.3, -0.25) is 9.59 Å². The number of Topliss-reactive ketones (excluding diaryl/α,β-unsaturated/α-hetero) is 2. The van der Waals surface area contributed by atoms with Crippen LogP contribution in [0.15, 0.2) is 121 Å². The van der Waals surface area contributed by atoms with E-state index >= 15 is 0 Å². The largest absolute Gasteiger partial charge is 0.393 e. The first-order valence-electron chi connectivity index (χ1n) is 14.4. The van der Waals surface area contributed by atoms with Crippen LogP contribution < -0.4 is 0 Å². The van der Waals surface area contributed by atoms with E-state index in [2.05, 4.69) is 4.74 Å². The van der Waals surface area contributed by atoms with Crippen LogP contribution in [0, 0.1) is 0 Å². The van der Waals surface area contributed by atoms with Crippen LogP contribution in [0.5, 0.6) is 0 Å². The molecule has 0 amide bonds. The van der Waals surface area contributed by atoms with Crippen LogP contribution in [0.1, 0.15) is 65.6 Å². The van der Waals surface area contributed by atoms with E-state index in [9.17, 15) is 24.9 Å². The number of carbonyl (C=O) groups excluding carboxylic acids is 2. The van der Waals surface area contributed by atoms with E-state index in [1.54, 1.807) is 123 Å². The Morgan fingerprint density at radius 1 is 0.659 bits per heavy atom. The van der Waals surface area contributed by atoms with E-state index in [-0.39, 0.29) is 5.78 Å². The second-order valence-corrected chi connectivity index (χ2v) is 10.3. The van der Waals surface area contributed by atoms with Crippen LogP contribution in [0.25, 0.3) is 0 Å². The van der Waals surface area contributed by atoms with Gasteiger partial charge in [0.05, 0.1) is 18.8 Å². The molecule has 0 aliphatic heterocycles. The third-order valence-corrected chi connectivity index (χ3v) is 5.86. The predicted octanol–water partition coefficient (Wildman–Crippen LogP) is 6.43. The molecule has 4 aromatic carbocycles. The van der Waals surface area contributed by atoms with Crippen molar-refractivity contribution in [2.24, 2.45) is 0 Å². The van der Waals surface area contributed by atoms with Gasteiger partial charge in [-0.05, 0) is 38.8 Å². The highest BCUT2D eigenvalue weighted by Gasteiger charge is 2.37. The van der Waals surface area contributed by atoms with Gasteiger partial charge in [0.1, 0.15) is 6.10 Å². The maximum atomic E-state index is 12.3. The molecule has 0 saturated heterocycles. The van der Waals surface area contributed by atoms with Crippen LogP contribution >= 0.6 is 0 Å². The lowest BCUT2D eigenvalue weighted by Gasteiger charge is -2.24. The Morgan fingerprint density at radius 3 is 1.39 bits per heavy atom. The molecular formula is C37H46O7. The molecule has 4 rings (SSSR count). The molecule has 0 aliphatic carbocycles. The molecular weight excluding hydrogens is 556 g/mol. The first-order valence-corrected chi connectivity index (χ1v) is 14.4. The van der Waals surface area contributed by atoms with Gasteiger partial charge in [0.25, 0.3) is 0 Å². The van der Waals surface area contributed by atoms with Crippen molar-refractivity contribution in [3.63, 3.8) is 0 Å². The number of benzene rings is 4. The Labute approximate surface area is 261 Å². The maximum Gasteiger partial charge on any atom is 0.201 e. The molecule has 0 radical (unpaired) electrons. The summed E-state index contributed by atoms with van der Waals surface area (Å²) in [6.07, 6.45) is -0.330. The molecule has 3 N–H and O–H groups in total. The first-order chi connectivity index (χ1) is 21.0. The molecule has 2 unspecified atom stereocenters. The van der Waals surface area contributed by atoms with E-state index in [4.69, 9.17) is 4.74 Å². The third kappa shape index (κ3) is 13.1. The Hall–Kier alpha value is -3.98. The van der Waals surface area contributed by atoms with Crippen LogP contribution in [0.2, 0.25) is 0 Å². The quantitative estimate of drug-likeness (QED) is 0.189. The molecule has 0 spiro atoms. The lowest BCUT2D eigenvalue weighted by Crippen LogP contribution is -2.39. The molecule has 7 heteroatoms. The van der Waals surface area contributed by atoms with E-state index in [0.29, 0.717) is 34.5 Å². The van der Waals surface area contributed by atoms with Crippen LogP contribution in [0.4, 0.5) is 0 Å². The maximum absolute atomic E-state index is 12.3. The summed E-state index contributed by atoms with van der Waals surface area (Å²) in [5.74, 6) is -0.774. The second kappa shape index (κ2) is 20.8. The number of methoxy groups -OCH3 is 1. The summed E-state index contributed by atoms with van der Waals surface area (Å²) in [6.45, 7) is 7.52. The smallest absolute Gasteiger partial charge is 0.201 e. The SMILES string of the molecule is CC(C)OC(C)C.COC.O=C(c1ccccc1)C(O)(CO)c1ccccc1.O=C(c1ccccc1)C(O)c1ccccc1. The predicted molar refractivity (Wildman–Crippen MR) is 175 cm³/mol. The summed E-state index contributed by atoms with van der Waals surface area (Å²) < 4.78 is 9.50. The van der Waals surface area contributed by atoms with Crippen molar-refractivity contribution in [1.29, 1.82) is 0 Å². The molecule has 0 aromatic heterocycles. The van der Waals surface area contributed by atoms with Gasteiger partial charge in [-0.25, -0.2) is 0 Å². The van der Waals surface area contributed by atoms with Gasteiger partial charge in [-0.15, -0.1) is 0 Å². The van der Waals surface area contributed by atoms with Crippen molar-refractivity contribution in [3.8, 4) is 0 Å². The van der Waals surface area contributed by atoms with E-state index in [0.717, 1.165) is 0 Å². The topological polar surface area (TPSA) is 113 Å². The van der Waals surface area contributed by atoms with Gasteiger partial charge in [0.2, 0.25) is 5.78 Å². The molecule has 7 nitrogen and oxygen atoms in total. The number of rotatable bonds is 9. The van der Waals surface area contributed by atoms with Crippen molar-refractivity contribution >= 4 is 11.6 Å². The molecule has 44 heavy (non-hydrogen) atoms. The average molecular weight is 603 g/mol. The summed E-state index contributed by atoms with van der Waals surface area (Å²) in [4.78, 5) is 24.2. The minimum absolute atomic E-state index is 0.271. The molecule has 0 fully saturated rings. The van der Waals surface area contributed by atoms with Crippen molar-refractivity contribution < 1.29 is 34.4 Å². The lowest BCUT2D eigenvalue weighted by molar-refractivity contribution is -0.00400. The van der Waals surface area contributed by atoms with Crippen LogP contribution in [0.3, 0.4) is 0 Å². The average Bonchev–Trinajstić information content (AvgIpc) is 3.05. The number of aliphatic hydroxyl groups is 3. The van der Waals surface area contributed by atoms with Gasteiger partial charge in [0, 0.05) is 25.3 Å². The molecule has 2 atom stereocenters. The highest BCUT2D eigenvalue weighted by Crippen LogP contribution is 2.25. The van der Waals surface area contributed by atoms with Crippen LogP contribution in [-0.4, -0.2) is 59.9 Å². The zero-order valence-electron chi connectivity index (χ0n) is 26.5. The van der Waals surface area contributed by atoms with E-state index < -0.39 is 24.1 Å². The van der Waals surface area contributed by atoms with Crippen molar-refractivity contribution in [3.05, 3.63) is 144 Å². The fraction of sp³-hybridized carbons (Fsp3) is 0.297. The van der Waals surface area contributed by atoms with E-state index in [1.165, 1.54) is 0 Å². The minimum atomic E-state index is -1.89. The Balaban J connectivity index is 0.000000341. The monoisotopic (exact) mass is 602 g/mol. The molecule has 0 heterocycles. The van der Waals surface area contributed by atoms with Gasteiger partial charge in [0.15, 0.2) is 11.4 Å². The molecule has 0 aliphatic rings. The van der Waals surface area contributed by atoms with E-state index in [1.807, 2.05) is 39.8 Å². The molecule has 0 bridgehead atoms. The zero-order chi connectivity index (χ0) is 33.0. The minimum Gasteiger partial charge on any atom is -0.393 e. The summed E-state index contributed by atoms with van der Waals surface area (Å²) in [5.41, 5.74) is 0.0252. The van der Waals surface area contributed by atoms with Crippen molar-refractivity contribution in [1.82, 2.24) is 0 Å². The van der Waals surface area contributed by atoms with Crippen LogP contribution in [-0.2, 0) is 15.1 Å². The number of hydrogen-bond acceptors (Lipinski definition) is 7. The summed E-state index contributed by atoms with van der Waals surface area (Å²) in [7, 11) is 3.25. The highest BCUT2D eigenvalue weighted by molar-refractivity contribution is 6.03. The van der Waals surface area contributed by atoms with Gasteiger partial charge in [-0.2, -0.15) is 0 Å². The number of hydrogen-bond donors (Lipinski definition) is 3. The lowest BCUT2D eigenvalue weighted by atomic mass is 9.87. The number of carbonyl (C=O) groups is 2. The van der Waals surface area contributed by atoms with Gasteiger partial charge >= 0.3 is 0 Å². The third-order valence-electron chi connectivity index (χ3n) is 5.86. The summed E-state index contributed by atoms with van der Waals surface area (Å²) in [6, 6.07) is 34.7. The van der Waals surface area contributed by atoms with Crippen molar-refractivity contribution in [2.45, 2.75) is 51.6 Å². The normalized spacial score (nSPS) is 12.2.